The first kappa shape index (κ1) is 17.3. The highest BCUT2D eigenvalue weighted by atomic mass is 16.2. The van der Waals surface area contributed by atoms with E-state index in [-0.39, 0.29) is 12.1 Å². The average molecular weight is 369 g/mol. The molecule has 1 saturated carbocycles. The van der Waals surface area contributed by atoms with E-state index in [0.717, 1.165) is 18.7 Å². The Hall–Kier alpha value is -3.10. The van der Waals surface area contributed by atoms with E-state index in [1.54, 1.807) is 24.4 Å². The summed E-state index contributed by atoms with van der Waals surface area (Å²) in [5.41, 5.74) is 2.78. The molecule has 1 aliphatic carbocycles. The lowest BCUT2D eigenvalue weighted by molar-refractivity contribution is -0.118. The number of pyridine rings is 1. The fourth-order valence-electron chi connectivity index (χ4n) is 3.57. The standard InChI is InChI=1S/C18H23N7O2/c1-23(14-4-2-3-5-14)15-6-7-18(27)25(22-15)11-17(26)21-13-8-9-24-16(10-13)19-12-20-24/h6-10,14,19-20H,2-5,11-12H2,1H3. The maximum Gasteiger partial charge on any atom is 0.268 e. The molecule has 9 heteroatoms. The Morgan fingerprint density at radius 1 is 1.33 bits per heavy atom. The van der Waals surface area contributed by atoms with Crippen LogP contribution >= 0.6 is 0 Å². The first-order valence-corrected chi connectivity index (χ1v) is 9.19. The third kappa shape index (κ3) is 3.71. The molecule has 0 spiro atoms. The largest absolute Gasteiger partial charge is 0.355 e. The first-order valence-electron chi connectivity index (χ1n) is 9.19. The number of carbonyl (C=O) groups is 1. The second-order valence-corrected chi connectivity index (χ2v) is 6.89. The van der Waals surface area contributed by atoms with Gasteiger partial charge in [0.1, 0.15) is 24.8 Å². The van der Waals surface area contributed by atoms with Gasteiger partial charge in [0, 0.05) is 31.4 Å². The lowest BCUT2D eigenvalue weighted by Gasteiger charge is -2.25. The van der Waals surface area contributed by atoms with Gasteiger partial charge in [0.15, 0.2) is 0 Å². The van der Waals surface area contributed by atoms with Gasteiger partial charge >= 0.3 is 0 Å². The van der Waals surface area contributed by atoms with Crippen LogP contribution in [0.25, 0.3) is 0 Å². The van der Waals surface area contributed by atoms with Gasteiger partial charge < -0.3 is 15.6 Å². The molecule has 9 nitrogen and oxygen atoms in total. The lowest BCUT2D eigenvalue weighted by Crippen LogP contribution is -2.33. The van der Waals surface area contributed by atoms with Gasteiger partial charge in [-0.05, 0) is 25.0 Å². The second-order valence-electron chi connectivity index (χ2n) is 6.89. The number of rotatable bonds is 4. The van der Waals surface area contributed by atoms with Crippen LogP contribution in [0.3, 0.4) is 0 Å². The molecule has 4 rings (SSSR count). The van der Waals surface area contributed by atoms with Crippen LogP contribution in [-0.4, -0.2) is 40.1 Å². The molecule has 0 bridgehead atoms. The maximum atomic E-state index is 12.3. The Bertz CT molecular complexity index is 972. The van der Waals surface area contributed by atoms with Crippen molar-refractivity contribution in [1.29, 1.82) is 0 Å². The number of nitrogens with one attached hydrogen (secondary N) is 2. The van der Waals surface area contributed by atoms with Gasteiger partial charge in [0.2, 0.25) is 0 Å². The van der Waals surface area contributed by atoms with Crippen molar-refractivity contribution in [2.75, 3.05) is 29.4 Å². The van der Waals surface area contributed by atoms with Crippen molar-refractivity contribution < 1.29 is 4.79 Å². The van der Waals surface area contributed by atoms with Crippen molar-refractivity contribution in [3.8, 4) is 0 Å². The molecule has 2 aromatic heterocycles. The third-order valence-electron chi connectivity index (χ3n) is 5.08. The van der Waals surface area contributed by atoms with E-state index >= 15 is 0 Å². The van der Waals surface area contributed by atoms with Crippen LogP contribution in [0, 0.1) is 0 Å². The van der Waals surface area contributed by atoms with Crippen LogP contribution in [0.15, 0.2) is 40.2 Å². The van der Waals surface area contributed by atoms with Crippen LogP contribution in [0.1, 0.15) is 25.7 Å². The van der Waals surface area contributed by atoms with Crippen LogP contribution < -0.4 is 26.6 Å². The SMILES string of the molecule is CN(c1ccc(=O)n(CC(=O)N=c2ccn3c(c2)NCN3)n1)C1CCCC1. The summed E-state index contributed by atoms with van der Waals surface area (Å²) in [6.07, 6.45) is 6.49. The molecule has 0 unspecified atom stereocenters. The number of amides is 1. The van der Waals surface area contributed by atoms with Crippen LogP contribution in [0.5, 0.6) is 0 Å². The molecule has 0 atom stereocenters. The molecule has 3 heterocycles. The second kappa shape index (κ2) is 7.26. The highest BCUT2D eigenvalue weighted by Gasteiger charge is 2.21. The summed E-state index contributed by atoms with van der Waals surface area (Å²) in [6.45, 7) is 0.444. The number of hydrogen-bond acceptors (Lipinski definition) is 6. The zero-order valence-electron chi connectivity index (χ0n) is 15.3. The summed E-state index contributed by atoms with van der Waals surface area (Å²) in [7, 11) is 1.99. The summed E-state index contributed by atoms with van der Waals surface area (Å²) in [6, 6.07) is 7.13. The van der Waals surface area contributed by atoms with Crippen molar-refractivity contribution in [2.24, 2.45) is 4.99 Å². The summed E-state index contributed by atoms with van der Waals surface area (Å²) < 4.78 is 3.01. The molecule has 27 heavy (non-hydrogen) atoms. The highest BCUT2D eigenvalue weighted by molar-refractivity contribution is 5.76. The monoisotopic (exact) mass is 369 g/mol. The zero-order chi connectivity index (χ0) is 18.8. The summed E-state index contributed by atoms with van der Waals surface area (Å²) >= 11 is 0. The van der Waals surface area contributed by atoms with E-state index < -0.39 is 5.91 Å². The third-order valence-corrected chi connectivity index (χ3v) is 5.08. The molecule has 2 N–H and O–H groups in total. The Balaban J connectivity index is 1.53. The smallest absolute Gasteiger partial charge is 0.268 e. The minimum atomic E-state index is -0.416. The molecular weight excluding hydrogens is 346 g/mol. The lowest BCUT2D eigenvalue weighted by atomic mass is 10.2. The number of nitrogens with zero attached hydrogens (tertiary/aromatic N) is 5. The van der Waals surface area contributed by atoms with Gasteiger partial charge in [-0.2, -0.15) is 5.10 Å². The number of hydrogen-bond donors (Lipinski definition) is 2. The van der Waals surface area contributed by atoms with E-state index in [4.69, 9.17) is 0 Å². The molecule has 1 amide bonds. The molecule has 0 aromatic carbocycles. The van der Waals surface area contributed by atoms with Crippen molar-refractivity contribution >= 4 is 17.5 Å². The maximum absolute atomic E-state index is 12.3. The highest BCUT2D eigenvalue weighted by Crippen LogP contribution is 2.25. The Morgan fingerprint density at radius 3 is 2.96 bits per heavy atom. The zero-order valence-corrected chi connectivity index (χ0v) is 15.3. The number of carbonyl (C=O) groups excluding carboxylic acids is 1. The fraction of sp³-hybridized carbons (Fsp3) is 0.444. The molecule has 2 aromatic rings. The predicted octanol–water partition coefficient (Wildman–Crippen LogP) is 0.478. The Kier molecular flexibility index (Phi) is 4.66. The predicted molar refractivity (Wildman–Crippen MR) is 102 cm³/mol. The topological polar surface area (TPSA) is 96.5 Å². The summed E-state index contributed by atoms with van der Waals surface area (Å²) in [5.74, 6) is 1.12. The molecule has 142 valence electrons. The van der Waals surface area contributed by atoms with Crippen LogP contribution in [0.4, 0.5) is 11.6 Å². The molecule has 1 fully saturated rings. The molecule has 1 aliphatic heterocycles. The van der Waals surface area contributed by atoms with Crippen molar-refractivity contribution in [1.82, 2.24) is 14.5 Å². The fourth-order valence-corrected chi connectivity index (χ4v) is 3.57. The molecule has 0 saturated heterocycles. The Labute approximate surface area is 156 Å². The van der Waals surface area contributed by atoms with Crippen LogP contribution in [-0.2, 0) is 11.3 Å². The molecular formula is C18H23N7O2. The van der Waals surface area contributed by atoms with E-state index in [0.29, 0.717) is 23.9 Å². The van der Waals surface area contributed by atoms with E-state index in [1.807, 2.05) is 11.7 Å². The van der Waals surface area contributed by atoms with Gasteiger partial charge in [-0.3, -0.25) is 14.3 Å². The Morgan fingerprint density at radius 2 is 2.15 bits per heavy atom. The van der Waals surface area contributed by atoms with Gasteiger partial charge in [-0.15, -0.1) is 0 Å². The van der Waals surface area contributed by atoms with E-state index in [9.17, 15) is 9.59 Å². The molecule has 0 radical (unpaired) electrons. The van der Waals surface area contributed by atoms with Gasteiger partial charge in [-0.1, -0.05) is 12.8 Å². The van der Waals surface area contributed by atoms with E-state index in [2.05, 4.69) is 25.7 Å². The van der Waals surface area contributed by atoms with Crippen molar-refractivity contribution in [2.45, 2.75) is 38.3 Å². The summed E-state index contributed by atoms with van der Waals surface area (Å²) in [4.78, 5) is 30.7. The van der Waals surface area contributed by atoms with Gasteiger partial charge in [0.05, 0.1) is 5.36 Å². The molecule has 2 aliphatic rings. The average Bonchev–Trinajstić information content (AvgIpc) is 3.34. The van der Waals surface area contributed by atoms with Crippen LogP contribution in [0.2, 0.25) is 0 Å². The van der Waals surface area contributed by atoms with Crippen molar-refractivity contribution in [3.63, 3.8) is 0 Å². The van der Waals surface area contributed by atoms with Gasteiger partial charge in [-0.25, -0.2) is 9.67 Å². The van der Waals surface area contributed by atoms with Crippen molar-refractivity contribution in [3.05, 3.63) is 46.2 Å². The number of anilines is 2. The minimum Gasteiger partial charge on any atom is -0.355 e. The number of aromatic nitrogens is 3. The minimum absolute atomic E-state index is 0.179. The van der Waals surface area contributed by atoms with E-state index in [1.165, 1.54) is 23.6 Å². The first-order chi connectivity index (χ1) is 13.1. The normalized spacial score (nSPS) is 16.7. The number of fused-ring (bicyclic) bond motifs is 1. The quantitative estimate of drug-likeness (QED) is 0.814. The summed E-state index contributed by atoms with van der Waals surface area (Å²) in [5, 5.41) is 8.04. The van der Waals surface area contributed by atoms with Gasteiger partial charge in [0.25, 0.3) is 11.5 Å².